The van der Waals surface area contributed by atoms with Crippen LogP contribution in [0.4, 0.5) is 16.5 Å². The van der Waals surface area contributed by atoms with Gasteiger partial charge in [0.25, 0.3) is 5.91 Å². The summed E-state index contributed by atoms with van der Waals surface area (Å²) >= 11 is 1.58. The van der Waals surface area contributed by atoms with Crippen molar-refractivity contribution in [1.82, 2.24) is 4.98 Å². The Morgan fingerprint density at radius 3 is 2.79 bits per heavy atom. The van der Waals surface area contributed by atoms with E-state index in [9.17, 15) is 4.79 Å². The third-order valence-electron chi connectivity index (χ3n) is 2.80. The molecule has 1 amide bonds. The average Bonchev–Trinajstić information content (AvgIpc) is 2.71. The first kappa shape index (κ1) is 13.4. The van der Waals surface area contributed by atoms with E-state index in [0.717, 1.165) is 22.9 Å². The van der Waals surface area contributed by atoms with Gasteiger partial charge in [-0.15, -0.1) is 11.3 Å². The molecule has 6 heteroatoms. The van der Waals surface area contributed by atoms with Crippen molar-refractivity contribution in [3.8, 4) is 0 Å². The monoisotopic (exact) mass is 276 g/mol. The molecule has 1 heterocycles. The van der Waals surface area contributed by atoms with Gasteiger partial charge in [-0.1, -0.05) is 6.92 Å². The standard InChI is InChI=1S/C13H16N4OS/c1-3-11-7(2)19-13(17-11)16-8-4-5-10(14)9(6-8)12(15)18/h4-6H,3,14H2,1-2H3,(H2,15,18)(H,16,17). The fraction of sp³-hybridized carbons (Fsp3) is 0.231. The fourth-order valence-electron chi connectivity index (χ4n) is 1.78. The molecule has 19 heavy (non-hydrogen) atoms. The number of anilines is 3. The molecule has 0 fully saturated rings. The van der Waals surface area contributed by atoms with Crippen LogP contribution in [0.25, 0.3) is 0 Å². The Labute approximate surface area is 115 Å². The molecule has 2 rings (SSSR count). The molecule has 0 bridgehead atoms. The van der Waals surface area contributed by atoms with E-state index < -0.39 is 5.91 Å². The number of nitrogens with two attached hydrogens (primary N) is 2. The molecule has 0 unspecified atom stereocenters. The highest BCUT2D eigenvalue weighted by molar-refractivity contribution is 7.15. The maximum Gasteiger partial charge on any atom is 0.250 e. The van der Waals surface area contributed by atoms with Crippen LogP contribution in [0.1, 0.15) is 27.9 Å². The van der Waals surface area contributed by atoms with Gasteiger partial charge in [-0.05, 0) is 31.5 Å². The number of nitrogen functional groups attached to an aromatic ring is 1. The number of nitrogens with zero attached hydrogens (tertiary/aromatic N) is 1. The number of rotatable bonds is 4. The zero-order valence-electron chi connectivity index (χ0n) is 10.9. The van der Waals surface area contributed by atoms with Crippen LogP contribution in [-0.2, 0) is 6.42 Å². The maximum atomic E-state index is 11.2. The molecule has 0 saturated carbocycles. The Hall–Kier alpha value is -2.08. The highest BCUT2D eigenvalue weighted by Gasteiger charge is 2.09. The van der Waals surface area contributed by atoms with Gasteiger partial charge in [0.1, 0.15) is 0 Å². The predicted octanol–water partition coefficient (Wildman–Crippen LogP) is 2.44. The number of hydrogen-bond acceptors (Lipinski definition) is 5. The first-order valence-electron chi connectivity index (χ1n) is 5.94. The van der Waals surface area contributed by atoms with Crippen molar-refractivity contribution in [1.29, 1.82) is 0 Å². The van der Waals surface area contributed by atoms with Gasteiger partial charge in [0.2, 0.25) is 0 Å². The van der Waals surface area contributed by atoms with Crippen LogP contribution in [-0.4, -0.2) is 10.9 Å². The number of amides is 1. The highest BCUT2D eigenvalue weighted by atomic mass is 32.1. The van der Waals surface area contributed by atoms with E-state index >= 15 is 0 Å². The van der Waals surface area contributed by atoms with Crippen LogP contribution in [0, 0.1) is 6.92 Å². The number of primary amides is 1. The highest BCUT2D eigenvalue weighted by Crippen LogP contribution is 2.27. The lowest BCUT2D eigenvalue weighted by atomic mass is 10.1. The molecule has 0 aliphatic heterocycles. The molecule has 0 aliphatic rings. The Morgan fingerprint density at radius 2 is 2.21 bits per heavy atom. The molecular weight excluding hydrogens is 260 g/mol. The lowest BCUT2D eigenvalue weighted by Gasteiger charge is -2.06. The second-order valence-corrected chi connectivity index (χ2v) is 5.37. The summed E-state index contributed by atoms with van der Waals surface area (Å²) in [4.78, 5) is 16.9. The number of carbonyl (C=O) groups is 1. The van der Waals surface area contributed by atoms with Gasteiger partial charge in [0, 0.05) is 16.3 Å². The minimum atomic E-state index is -0.536. The van der Waals surface area contributed by atoms with Crippen LogP contribution >= 0.6 is 11.3 Å². The van der Waals surface area contributed by atoms with Gasteiger partial charge >= 0.3 is 0 Å². The van der Waals surface area contributed by atoms with Gasteiger partial charge < -0.3 is 16.8 Å². The largest absolute Gasteiger partial charge is 0.398 e. The van der Waals surface area contributed by atoms with Crippen molar-refractivity contribution in [3.63, 3.8) is 0 Å². The minimum Gasteiger partial charge on any atom is -0.398 e. The third kappa shape index (κ3) is 2.85. The lowest BCUT2D eigenvalue weighted by molar-refractivity contribution is 0.100. The molecule has 5 N–H and O–H groups in total. The smallest absolute Gasteiger partial charge is 0.250 e. The summed E-state index contributed by atoms with van der Waals surface area (Å²) in [5, 5.41) is 3.97. The van der Waals surface area contributed by atoms with Crippen molar-refractivity contribution in [2.24, 2.45) is 5.73 Å². The van der Waals surface area contributed by atoms with E-state index in [-0.39, 0.29) is 0 Å². The number of aryl methyl sites for hydroxylation is 2. The Morgan fingerprint density at radius 1 is 1.47 bits per heavy atom. The van der Waals surface area contributed by atoms with Crippen molar-refractivity contribution in [2.75, 3.05) is 11.1 Å². The van der Waals surface area contributed by atoms with Gasteiger partial charge in [0.15, 0.2) is 5.13 Å². The van der Waals surface area contributed by atoms with Crippen LogP contribution < -0.4 is 16.8 Å². The summed E-state index contributed by atoms with van der Waals surface area (Å²) in [6.45, 7) is 4.11. The van der Waals surface area contributed by atoms with Crippen LogP contribution in [0.3, 0.4) is 0 Å². The quantitative estimate of drug-likeness (QED) is 0.747. The summed E-state index contributed by atoms with van der Waals surface area (Å²) in [7, 11) is 0. The first-order valence-corrected chi connectivity index (χ1v) is 6.75. The summed E-state index contributed by atoms with van der Waals surface area (Å²) in [6.07, 6.45) is 0.901. The molecule has 5 nitrogen and oxygen atoms in total. The Bertz CT molecular complexity index is 621. The van der Waals surface area contributed by atoms with Gasteiger partial charge in [0.05, 0.1) is 11.3 Å². The van der Waals surface area contributed by atoms with Gasteiger partial charge in [-0.3, -0.25) is 4.79 Å². The summed E-state index contributed by atoms with van der Waals surface area (Å²) in [5.74, 6) is -0.536. The number of thiazole rings is 1. The van der Waals surface area contributed by atoms with Crippen molar-refractivity contribution in [3.05, 3.63) is 34.3 Å². The van der Waals surface area contributed by atoms with Gasteiger partial charge in [-0.2, -0.15) is 0 Å². The second kappa shape index (κ2) is 5.27. The SMILES string of the molecule is CCc1nc(Nc2ccc(N)c(C(N)=O)c2)sc1C. The van der Waals surface area contributed by atoms with Crippen LogP contribution in [0.15, 0.2) is 18.2 Å². The number of hydrogen-bond donors (Lipinski definition) is 3. The second-order valence-electron chi connectivity index (χ2n) is 4.17. The molecular formula is C13H16N4OS. The van der Waals surface area contributed by atoms with E-state index in [1.54, 1.807) is 29.5 Å². The predicted molar refractivity (Wildman–Crippen MR) is 78.9 cm³/mol. The molecule has 1 aromatic carbocycles. The molecule has 0 aliphatic carbocycles. The summed E-state index contributed by atoms with van der Waals surface area (Å²) in [6, 6.07) is 5.09. The molecule has 0 saturated heterocycles. The van der Waals surface area contributed by atoms with Gasteiger partial charge in [-0.25, -0.2) is 4.98 Å². The average molecular weight is 276 g/mol. The van der Waals surface area contributed by atoms with Crippen molar-refractivity contribution < 1.29 is 4.79 Å². The summed E-state index contributed by atoms with van der Waals surface area (Å²) in [5.41, 5.74) is 13.5. The number of benzene rings is 1. The zero-order chi connectivity index (χ0) is 14.0. The molecule has 1 aromatic heterocycles. The van der Waals surface area contributed by atoms with E-state index in [4.69, 9.17) is 11.5 Å². The first-order chi connectivity index (χ1) is 9.01. The fourth-order valence-corrected chi connectivity index (χ4v) is 2.70. The summed E-state index contributed by atoms with van der Waals surface area (Å²) < 4.78 is 0. The molecule has 2 aromatic rings. The van der Waals surface area contributed by atoms with E-state index in [0.29, 0.717) is 11.3 Å². The topological polar surface area (TPSA) is 94.0 Å². The van der Waals surface area contributed by atoms with Crippen molar-refractivity contribution in [2.45, 2.75) is 20.3 Å². The van der Waals surface area contributed by atoms with Crippen LogP contribution in [0.5, 0.6) is 0 Å². The minimum absolute atomic E-state index is 0.314. The number of carbonyl (C=O) groups excluding carboxylic acids is 1. The van der Waals surface area contributed by atoms with Crippen molar-refractivity contribution >= 4 is 33.8 Å². The normalized spacial score (nSPS) is 10.4. The Kier molecular flexibility index (Phi) is 3.71. The maximum absolute atomic E-state index is 11.2. The van der Waals surface area contributed by atoms with Crippen LogP contribution in [0.2, 0.25) is 0 Å². The number of aromatic nitrogens is 1. The molecule has 0 atom stereocenters. The molecule has 0 radical (unpaired) electrons. The molecule has 0 spiro atoms. The zero-order valence-corrected chi connectivity index (χ0v) is 11.7. The Balaban J connectivity index is 2.28. The lowest BCUT2D eigenvalue weighted by Crippen LogP contribution is -2.13. The van der Waals surface area contributed by atoms with E-state index in [1.807, 2.05) is 6.92 Å². The molecule has 100 valence electrons. The van der Waals surface area contributed by atoms with E-state index in [2.05, 4.69) is 17.2 Å². The number of nitrogens with one attached hydrogen (secondary N) is 1. The third-order valence-corrected chi connectivity index (χ3v) is 3.73. The van der Waals surface area contributed by atoms with E-state index in [1.165, 1.54) is 4.88 Å².